The minimum Gasteiger partial charge on any atom is -0.390 e. The fraction of sp³-hybridized carbons (Fsp3) is 0.688. The molecule has 2 saturated heterocycles. The first-order valence-electron chi connectivity index (χ1n) is 10.2. The third-order valence-corrected chi connectivity index (χ3v) is 7.99. The van der Waals surface area contributed by atoms with Crippen molar-refractivity contribution in [3.8, 4) is 0 Å². The lowest BCUT2D eigenvalue weighted by atomic mass is 9.93. The number of phosphoric ester groups is 2. The van der Waals surface area contributed by atoms with E-state index in [9.17, 15) is 53.7 Å². The van der Waals surface area contributed by atoms with E-state index >= 15 is 0 Å². The highest BCUT2D eigenvalue weighted by atomic mass is 31.3. The van der Waals surface area contributed by atoms with Gasteiger partial charge >= 0.3 is 21.3 Å². The lowest BCUT2D eigenvalue weighted by molar-refractivity contribution is -0.244. The topological polar surface area (TPSA) is 274 Å². The second kappa shape index (κ2) is 11.0. The van der Waals surface area contributed by atoms with Crippen LogP contribution in [0.25, 0.3) is 0 Å². The molecule has 0 radical (unpaired) electrons. The molecular formula is C16H24N2O16P2. The average molecular weight is 562 g/mol. The second-order valence-electron chi connectivity index (χ2n) is 7.93. The van der Waals surface area contributed by atoms with E-state index in [1.165, 1.54) is 6.92 Å². The first-order chi connectivity index (χ1) is 16.7. The van der Waals surface area contributed by atoms with E-state index in [4.69, 9.17) is 9.47 Å². The number of carbonyl (C=O) groups excluding carboxylic acids is 1. The maximum atomic E-state index is 12.2. The Morgan fingerprint density at radius 2 is 1.72 bits per heavy atom. The molecule has 3 heterocycles. The summed E-state index contributed by atoms with van der Waals surface area (Å²) in [6.07, 6.45) is -12.2. The van der Waals surface area contributed by atoms with Crippen LogP contribution in [0.3, 0.4) is 0 Å². The van der Waals surface area contributed by atoms with Crippen LogP contribution >= 0.6 is 15.6 Å². The van der Waals surface area contributed by atoms with Gasteiger partial charge in [0.25, 0.3) is 5.56 Å². The molecule has 1 aromatic rings. The number of aromatic nitrogens is 2. The van der Waals surface area contributed by atoms with Crippen molar-refractivity contribution in [3.05, 3.63) is 33.1 Å². The molecule has 0 amide bonds. The SMILES string of the molecule is CC1[C@H](OP(=O)(O)OP(=O)(O)OCC2OC(n3ccc(=O)[nH]c3=O)C(O)C2O)OC(C=O)[C@H](O)[C@@H]1O. The van der Waals surface area contributed by atoms with Crippen LogP contribution in [0.15, 0.2) is 21.9 Å². The lowest BCUT2D eigenvalue weighted by Gasteiger charge is -2.39. The van der Waals surface area contributed by atoms with Crippen molar-refractivity contribution in [2.75, 3.05) is 6.61 Å². The molecule has 0 spiro atoms. The highest BCUT2D eigenvalue weighted by Crippen LogP contribution is 2.61. The summed E-state index contributed by atoms with van der Waals surface area (Å²) >= 11 is 0. The quantitative estimate of drug-likeness (QED) is 0.115. The molecule has 36 heavy (non-hydrogen) atoms. The molecule has 2 aliphatic heterocycles. The van der Waals surface area contributed by atoms with Gasteiger partial charge in [-0.3, -0.25) is 23.4 Å². The van der Waals surface area contributed by atoms with Gasteiger partial charge in [-0.2, -0.15) is 4.31 Å². The number of aromatic amines is 1. The van der Waals surface area contributed by atoms with E-state index in [0.29, 0.717) is 0 Å². The summed E-state index contributed by atoms with van der Waals surface area (Å²) in [6.45, 7) is 0.234. The number of H-pyrrole nitrogens is 1. The van der Waals surface area contributed by atoms with Crippen LogP contribution in [-0.4, -0.2) is 95.6 Å². The van der Waals surface area contributed by atoms with Gasteiger partial charge in [-0.25, -0.2) is 13.9 Å². The molecular weight excluding hydrogens is 538 g/mol. The molecule has 0 aliphatic carbocycles. The van der Waals surface area contributed by atoms with Gasteiger partial charge in [-0.05, 0) is 0 Å². The van der Waals surface area contributed by atoms with E-state index in [-0.39, 0.29) is 6.29 Å². The molecule has 18 nitrogen and oxygen atoms in total. The van der Waals surface area contributed by atoms with Crippen molar-refractivity contribution in [1.29, 1.82) is 0 Å². The van der Waals surface area contributed by atoms with Crippen LogP contribution in [0.2, 0.25) is 0 Å². The Labute approximate surface area is 200 Å². The van der Waals surface area contributed by atoms with E-state index in [1.54, 1.807) is 0 Å². The van der Waals surface area contributed by atoms with E-state index < -0.39 is 88.6 Å². The summed E-state index contributed by atoms with van der Waals surface area (Å²) in [6, 6.07) is 0.941. The molecule has 1 aromatic heterocycles. The van der Waals surface area contributed by atoms with Gasteiger partial charge in [0.1, 0.15) is 30.5 Å². The number of carbonyl (C=O) groups is 1. The molecule has 20 heteroatoms. The number of hydrogen-bond donors (Lipinski definition) is 7. The molecule has 3 rings (SSSR count). The van der Waals surface area contributed by atoms with Crippen molar-refractivity contribution in [2.45, 2.75) is 56.1 Å². The molecule has 0 bridgehead atoms. The summed E-state index contributed by atoms with van der Waals surface area (Å²) < 4.78 is 48.7. The number of hydrogen-bond acceptors (Lipinski definition) is 14. The van der Waals surface area contributed by atoms with Gasteiger partial charge in [0.15, 0.2) is 18.8 Å². The zero-order chi connectivity index (χ0) is 27.0. The van der Waals surface area contributed by atoms with Gasteiger partial charge in [0.05, 0.1) is 12.7 Å². The number of aliphatic hydroxyl groups is 4. The number of nitrogens with one attached hydrogen (secondary N) is 1. The summed E-state index contributed by atoms with van der Waals surface area (Å²) in [7, 11) is -10.9. The first kappa shape index (κ1) is 28.9. The number of nitrogens with zero attached hydrogens (tertiary/aromatic N) is 1. The van der Waals surface area contributed by atoms with Crippen LogP contribution in [0.5, 0.6) is 0 Å². The Morgan fingerprint density at radius 1 is 1.06 bits per heavy atom. The van der Waals surface area contributed by atoms with Crippen LogP contribution < -0.4 is 11.2 Å². The van der Waals surface area contributed by atoms with E-state index in [2.05, 4.69) is 13.4 Å². The van der Waals surface area contributed by atoms with Crippen molar-refractivity contribution in [1.82, 2.24) is 9.55 Å². The second-order valence-corrected chi connectivity index (χ2v) is 10.9. The minimum absolute atomic E-state index is 0.106. The smallest absolute Gasteiger partial charge is 0.390 e. The van der Waals surface area contributed by atoms with Crippen molar-refractivity contribution in [2.24, 2.45) is 5.92 Å². The molecule has 11 atom stereocenters. The third-order valence-electron chi connectivity index (χ3n) is 5.39. The maximum absolute atomic E-state index is 12.2. The van der Waals surface area contributed by atoms with Crippen LogP contribution in [-0.2, 0) is 36.8 Å². The van der Waals surface area contributed by atoms with Crippen LogP contribution in [0.1, 0.15) is 13.2 Å². The standard InChI is InChI=1S/C16H24N2O16P2/c1-6-10(21)11(22)7(4-19)32-15(6)33-36(28,29)34-35(26,27)30-5-8-12(23)13(24)14(31-8)18-3-2-9(20)17-16(18)25/h2-4,6-8,10-15,21-24H,5H2,1H3,(H,26,27)(H,28,29)(H,17,20,25)/t6?,7?,8?,10-,11+,12?,13?,14?,15+/m1/s1. The fourth-order valence-corrected chi connectivity index (χ4v) is 5.68. The molecule has 204 valence electrons. The zero-order valence-corrected chi connectivity index (χ0v) is 20.0. The summed E-state index contributed by atoms with van der Waals surface area (Å²) in [4.78, 5) is 55.6. The predicted molar refractivity (Wildman–Crippen MR) is 111 cm³/mol. The number of phosphoric acid groups is 2. The summed E-state index contributed by atoms with van der Waals surface area (Å²) in [5, 5.41) is 39.9. The maximum Gasteiger partial charge on any atom is 0.483 e. The Bertz CT molecular complexity index is 1160. The highest BCUT2D eigenvalue weighted by molar-refractivity contribution is 7.61. The average Bonchev–Trinajstić information content (AvgIpc) is 3.06. The molecule has 2 fully saturated rings. The third kappa shape index (κ3) is 6.43. The number of ether oxygens (including phenoxy) is 2. The van der Waals surface area contributed by atoms with Crippen molar-refractivity contribution in [3.63, 3.8) is 0 Å². The first-order valence-corrected chi connectivity index (χ1v) is 13.1. The van der Waals surface area contributed by atoms with Crippen molar-refractivity contribution < 1.29 is 67.0 Å². The predicted octanol–water partition coefficient (Wildman–Crippen LogP) is -3.31. The van der Waals surface area contributed by atoms with Gasteiger partial charge < -0.3 is 44.5 Å². The summed E-state index contributed by atoms with van der Waals surface area (Å²) in [5.41, 5.74) is -1.72. The van der Waals surface area contributed by atoms with Gasteiger partial charge in [-0.1, -0.05) is 6.92 Å². The van der Waals surface area contributed by atoms with Crippen LogP contribution in [0, 0.1) is 5.92 Å². The molecule has 0 saturated carbocycles. The number of aliphatic hydroxyl groups excluding tert-OH is 4. The minimum atomic E-state index is -5.47. The zero-order valence-electron chi connectivity index (χ0n) is 18.2. The normalized spacial score (nSPS) is 38.2. The molecule has 7 N–H and O–H groups in total. The van der Waals surface area contributed by atoms with Gasteiger partial charge in [0, 0.05) is 18.2 Å². The lowest BCUT2D eigenvalue weighted by Crippen LogP contribution is -2.54. The Morgan fingerprint density at radius 3 is 2.33 bits per heavy atom. The van der Waals surface area contributed by atoms with Gasteiger partial charge in [0.2, 0.25) is 0 Å². The molecule has 2 aliphatic rings. The van der Waals surface area contributed by atoms with E-state index in [0.717, 1.165) is 16.8 Å². The fourth-order valence-electron chi connectivity index (χ4n) is 3.46. The Kier molecular flexibility index (Phi) is 8.84. The Hall–Kier alpha value is -1.63. The van der Waals surface area contributed by atoms with Crippen molar-refractivity contribution >= 4 is 21.9 Å². The highest BCUT2D eigenvalue weighted by Gasteiger charge is 2.48. The number of rotatable bonds is 9. The molecule has 8 unspecified atom stereocenters. The van der Waals surface area contributed by atoms with Crippen LogP contribution in [0.4, 0.5) is 0 Å². The van der Waals surface area contributed by atoms with E-state index in [1.807, 2.05) is 4.98 Å². The number of aldehydes is 1. The Balaban J connectivity index is 1.62. The summed E-state index contributed by atoms with van der Waals surface area (Å²) in [5.74, 6) is -1.18. The van der Waals surface area contributed by atoms with Gasteiger partial charge in [-0.15, -0.1) is 0 Å². The molecule has 0 aromatic carbocycles. The largest absolute Gasteiger partial charge is 0.483 e. The monoisotopic (exact) mass is 562 g/mol.